The number of furan rings is 1. The first-order chi connectivity index (χ1) is 6.77. The fourth-order valence-corrected chi connectivity index (χ4v) is 1.25. The molecule has 0 fully saturated rings. The second kappa shape index (κ2) is 3.70. The van der Waals surface area contributed by atoms with E-state index in [4.69, 9.17) is 14.5 Å². The molecule has 0 aliphatic carbocycles. The van der Waals surface area contributed by atoms with E-state index < -0.39 is 7.12 Å². The maximum Gasteiger partial charge on any atom is 0.526 e. The van der Waals surface area contributed by atoms with E-state index in [2.05, 4.69) is 0 Å². The Morgan fingerprint density at radius 1 is 0.929 bits per heavy atom. The second-order valence-corrected chi connectivity index (χ2v) is 2.94. The zero-order valence-electron chi connectivity index (χ0n) is 7.42. The summed E-state index contributed by atoms with van der Waals surface area (Å²) in [5, 5.41) is 17.7. The number of benzene rings is 1. The zero-order chi connectivity index (χ0) is 9.97. The largest absolute Gasteiger partial charge is 0.526 e. The summed E-state index contributed by atoms with van der Waals surface area (Å²) in [6, 6.07) is 12.8. The highest BCUT2D eigenvalue weighted by atomic mass is 16.4. The molecule has 0 aliphatic heterocycles. The third kappa shape index (κ3) is 1.71. The summed E-state index contributed by atoms with van der Waals surface area (Å²) in [6.45, 7) is 0. The van der Waals surface area contributed by atoms with Crippen molar-refractivity contribution in [3.63, 3.8) is 0 Å². The SMILES string of the molecule is OB(O)c1ccc(-c2ccccc2)o1. The van der Waals surface area contributed by atoms with Gasteiger partial charge in [-0.05, 0) is 12.1 Å². The van der Waals surface area contributed by atoms with Crippen LogP contribution < -0.4 is 5.66 Å². The van der Waals surface area contributed by atoms with Crippen LogP contribution in [0.15, 0.2) is 46.9 Å². The molecule has 1 aromatic heterocycles. The number of hydrogen-bond acceptors (Lipinski definition) is 3. The van der Waals surface area contributed by atoms with Crippen molar-refractivity contribution in [3.8, 4) is 11.3 Å². The molecular formula is C10H9BO3. The lowest BCUT2D eigenvalue weighted by molar-refractivity contribution is 0.410. The molecule has 1 heterocycles. The van der Waals surface area contributed by atoms with Crippen LogP contribution in [-0.2, 0) is 0 Å². The summed E-state index contributed by atoms with van der Waals surface area (Å²) in [4.78, 5) is 0. The van der Waals surface area contributed by atoms with E-state index in [9.17, 15) is 0 Å². The van der Waals surface area contributed by atoms with E-state index in [1.54, 1.807) is 12.1 Å². The zero-order valence-corrected chi connectivity index (χ0v) is 7.42. The third-order valence-electron chi connectivity index (χ3n) is 1.94. The third-order valence-corrected chi connectivity index (χ3v) is 1.94. The summed E-state index contributed by atoms with van der Waals surface area (Å²) in [5.41, 5.74) is 1.07. The van der Waals surface area contributed by atoms with Gasteiger partial charge in [-0.15, -0.1) is 0 Å². The van der Waals surface area contributed by atoms with Gasteiger partial charge in [-0.25, -0.2) is 0 Å². The fraction of sp³-hybridized carbons (Fsp3) is 0. The van der Waals surface area contributed by atoms with Gasteiger partial charge in [-0.1, -0.05) is 30.3 Å². The van der Waals surface area contributed by atoms with Crippen LogP contribution in [0.3, 0.4) is 0 Å². The highest BCUT2D eigenvalue weighted by Gasteiger charge is 2.16. The lowest BCUT2D eigenvalue weighted by atomic mass is 9.88. The first-order valence-corrected chi connectivity index (χ1v) is 4.28. The molecule has 0 unspecified atom stereocenters. The number of rotatable bonds is 2. The van der Waals surface area contributed by atoms with Crippen molar-refractivity contribution in [2.45, 2.75) is 0 Å². The van der Waals surface area contributed by atoms with E-state index in [1.165, 1.54) is 0 Å². The Hall–Kier alpha value is -1.52. The Balaban J connectivity index is 2.34. The van der Waals surface area contributed by atoms with Crippen LogP contribution in [0, 0.1) is 0 Å². The maximum atomic E-state index is 8.85. The Morgan fingerprint density at radius 2 is 1.64 bits per heavy atom. The molecule has 0 bridgehead atoms. The van der Waals surface area contributed by atoms with Crippen molar-refractivity contribution in [2.24, 2.45) is 0 Å². The van der Waals surface area contributed by atoms with Gasteiger partial charge in [0, 0.05) is 5.56 Å². The van der Waals surface area contributed by atoms with E-state index in [0.717, 1.165) is 5.56 Å². The van der Waals surface area contributed by atoms with Gasteiger partial charge in [0.05, 0.1) is 0 Å². The molecule has 0 saturated carbocycles. The maximum absolute atomic E-state index is 8.85. The van der Waals surface area contributed by atoms with Gasteiger partial charge in [0.25, 0.3) is 0 Å². The van der Waals surface area contributed by atoms with Crippen LogP contribution in [-0.4, -0.2) is 17.2 Å². The summed E-state index contributed by atoms with van der Waals surface area (Å²) in [6.07, 6.45) is 0. The van der Waals surface area contributed by atoms with Gasteiger partial charge in [0.15, 0.2) is 0 Å². The molecule has 3 nitrogen and oxygen atoms in total. The van der Waals surface area contributed by atoms with E-state index in [-0.39, 0.29) is 5.66 Å². The van der Waals surface area contributed by atoms with Gasteiger partial charge in [-0.2, -0.15) is 0 Å². The van der Waals surface area contributed by atoms with Crippen LogP contribution in [0.5, 0.6) is 0 Å². The summed E-state index contributed by atoms with van der Waals surface area (Å²) < 4.78 is 5.23. The fourth-order valence-electron chi connectivity index (χ4n) is 1.25. The minimum atomic E-state index is -1.55. The monoisotopic (exact) mass is 188 g/mol. The molecule has 4 heteroatoms. The lowest BCUT2D eigenvalue weighted by Crippen LogP contribution is -2.27. The highest BCUT2D eigenvalue weighted by Crippen LogP contribution is 2.17. The van der Waals surface area contributed by atoms with Crippen molar-refractivity contribution in [3.05, 3.63) is 42.5 Å². The molecule has 14 heavy (non-hydrogen) atoms. The Labute approximate surface area is 81.8 Å². The van der Waals surface area contributed by atoms with E-state index in [1.807, 2.05) is 30.3 Å². The smallest absolute Gasteiger partial charge is 0.465 e. The van der Waals surface area contributed by atoms with Gasteiger partial charge in [0.1, 0.15) is 11.4 Å². The molecule has 2 aromatic rings. The van der Waals surface area contributed by atoms with Crippen molar-refractivity contribution in [1.29, 1.82) is 0 Å². The molecule has 1 aromatic carbocycles. The van der Waals surface area contributed by atoms with Crippen molar-refractivity contribution in [2.75, 3.05) is 0 Å². The molecule has 0 aliphatic rings. The van der Waals surface area contributed by atoms with Crippen molar-refractivity contribution >= 4 is 12.8 Å². The Bertz CT molecular complexity index is 408. The minimum Gasteiger partial charge on any atom is -0.465 e. The molecular weight excluding hydrogens is 179 g/mol. The molecule has 2 N–H and O–H groups in total. The van der Waals surface area contributed by atoms with Crippen LogP contribution >= 0.6 is 0 Å². The predicted octanol–water partition coefficient (Wildman–Crippen LogP) is 0.626. The summed E-state index contributed by atoms with van der Waals surface area (Å²) >= 11 is 0. The second-order valence-electron chi connectivity index (χ2n) is 2.94. The molecule has 0 atom stereocenters. The average Bonchev–Trinajstić information content (AvgIpc) is 2.68. The molecule has 0 radical (unpaired) electrons. The van der Waals surface area contributed by atoms with Crippen LogP contribution in [0.1, 0.15) is 0 Å². The van der Waals surface area contributed by atoms with Gasteiger partial charge in [-0.3, -0.25) is 0 Å². The molecule has 0 saturated heterocycles. The molecule has 2 rings (SSSR count). The van der Waals surface area contributed by atoms with Crippen molar-refractivity contribution in [1.82, 2.24) is 0 Å². The highest BCUT2D eigenvalue weighted by molar-refractivity contribution is 6.57. The Kier molecular flexibility index (Phi) is 2.39. The number of hydrogen-bond donors (Lipinski definition) is 2. The minimum absolute atomic E-state index is 0.156. The van der Waals surface area contributed by atoms with Crippen LogP contribution in [0.4, 0.5) is 0 Å². The molecule has 70 valence electrons. The first-order valence-electron chi connectivity index (χ1n) is 4.28. The predicted molar refractivity (Wildman–Crippen MR) is 54.0 cm³/mol. The molecule has 0 amide bonds. The van der Waals surface area contributed by atoms with E-state index >= 15 is 0 Å². The van der Waals surface area contributed by atoms with Crippen molar-refractivity contribution < 1.29 is 14.5 Å². The molecule has 0 spiro atoms. The van der Waals surface area contributed by atoms with Gasteiger partial charge in [0.2, 0.25) is 0 Å². The topological polar surface area (TPSA) is 53.6 Å². The standard InChI is InChI=1S/C10H9BO3/c12-11(13)10-7-6-9(14-10)8-4-2-1-3-5-8/h1-7,12-13H. The lowest BCUT2D eigenvalue weighted by Gasteiger charge is -1.95. The van der Waals surface area contributed by atoms with E-state index in [0.29, 0.717) is 5.76 Å². The van der Waals surface area contributed by atoms with Gasteiger partial charge >= 0.3 is 7.12 Å². The summed E-state index contributed by atoms with van der Waals surface area (Å²) in [7, 11) is -1.55. The normalized spacial score (nSPS) is 10.1. The summed E-state index contributed by atoms with van der Waals surface area (Å²) in [5.74, 6) is 0.633. The Morgan fingerprint density at radius 3 is 2.21 bits per heavy atom. The average molecular weight is 188 g/mol. The van der Waals surface area contributed by atoms with Gasteiger partial charge < -0.3 is 14.5 Å². The quantitative estimate of drug-likeness (QED) is 0.679. The first kappa shape index (κ1) is 9.06. The van der Waals surface area contributed by atoms with Crippen LogP contribution in [0.25, 0.3) is 11.3 Å². The van der Waals surface area contributed by atoms with Crippen LogP contribution in [0.2, 0.25) is 0 Å².